The van der Waals surface area contributed by atoms with Crippen LogP contribution < -0.4 is 0 Å². The smallest absolute Gasteiger partial charge is 0.313 e. The van der Waals surface area contributed by atoms with Gasteiger partial charge in [0.25, 0.3) is 0 Å². The monoisotopic (exact) mass is 446 g/mol. The van der Waals surface area contributed by atoms with Gasteiger partial charge in [-0.1, -0.05) is 44.1 Å². The highest BCUT2D eigenvalue weighted by molar-refractivity contribution is 5.99. The summed E-state index contributed by atoms with van der Waals surface area (Å²) >= 11 is 0. The molecule has 4 rings (SSSR count). The minimum atomic E-state index is -1.27. The third-order valence-corrected chi connectivity index (χ3v) is 7.21. The molecule has 32 heavy (non-hydrogen) atoms. The predicted octanol–water partition coefficient (Wildman–Crippen LogP) is 1.43. The van der Waals surface area contributed by atoms with Crippen LogP contribution in [-0.2, 0) is 23.9 Å². The summed E-state index contributed by atoms with van der Waals surface area (Å²) in [5, 5.41) is 9.67. The van der Waals surface area contributed by atoms with E-state index in [1.165, 1.54) is 4.90 Å². The number of allylic oxidation sites excluding steroid dienone is 1. The first-order chi connectivity index (χ1) is 15.4. The number of aliphatic hydroxyl groups excluding tert-OH is 1. The normalized spacial score (nSPS) is 37.7. The topological polar surface area (TPSA) is 96.4 Å². The van der Waals surface area contributed by atoms with Crippen LogP contribution in [0, 0.1) is 11.8 Å². The summed E-state index contributed by atoms with van der Waals surface area (Å²) in [5.74, 6) is -2.74. The van der Waals surface area contributed by atoms with Gasteiger partial charge in [0.2, 0.25) is 11.8 Å². The maximum atomic E-state index is 13.8. The molecule has 0 aromatic rings. The molecule has 8 heteroatoms. The Hall–Kier alpha value is -2.19. The number of nitrogens with zero attached hydrogens (tertiary/aromatic N) is 2. The number of cyclic esters (lactones) is 1. The number of β-amino-alcohol motifs (C(OH)–C–C–N with tert-alkyl or cyclic N) is 1. The van der Waals surface area contributed by atoms with Gasteiger partial charge in [-0.15, -0.1) is 0 Å². The minimum Gasteiger partial charge on any atom is -0.465 e. The molecule has 1 spiro atoms. The third-order valence-electron chi connectivity index (χ3n) is 7.21. The lowest BCUT2D eigenvalue weighted by Gasteiger charge is -2.37. The van der Waals surface area contributed by atoms with E-state index in [4.69, 9.17) is 9.47 Å². The first kappa shape index (κ1) is 23.0. The highest BCUT2D eigenvalue weighted by Crippen LogP contribution is 2.57. The van der Waals surface area contributed by atoms with Crippen molar-refractivity contribution in [2.45, 2.75) is 63.2 Å². The van der Waals surface area contributed by atoms with Gasteiger partial charge in [0.1, 0.15) is 17.6 Å². The zero-order valence-electron chi connectivity index (χ0n) is 19.0. The number of carbonyl (C=O) groups is 3. The molecule has 0 aromatic heterocycles. The van der Waals surface area contributed by atoms with Crippen LogP contribution in [0.5, 0.6) is 0 Å². The molecular weight excluding hydrogens is 412 g/mol. The van der Waals surface area contributed by atoms with E-state index in [-0.39, 0.29) is 31.6 Å². The molecule has 0 aliphatic carbocycles. The van der Waals surface area contributed by atoms with Crippen LogP contribution in [0.2, 0.25) is 0 Å². The highest BCUT2D eigenvalue weighted by atomic mass is 16.6. The molecule has 2 fully saturated rings. The second-order valence-electron chi connectivity index (χ2n) is 9.36. The van der Waals surface area contributed by atoms with Crippen LogP contribution in [0.3, 0.4) is 0 Å². The van der Waals surface area contributed by atoms with Gasteiger partial charge in [-0.2, -0.15) is 0 Å². The van der Waals surface area contributed by atoms with Crippen molar-refractivity contribution >= 4 is 17.8 Å². The van der Waals surface area contributed by atoms with Crippen LogP contribution in [0.4, 0.5) is 0 Å². The van der Waals surface area contributed by atoms with E-state index in [0.717, 1.165) is 25.7 Å². The first-order valence-electron chi connectivity index (χ1n) is 11.8. The first-order valence-corrected chi connectivity index (χ1v) is 11.8. The number of hydrogen-bond donors (Lipinski definition) is 1. The Morgan fingerprint density at radius 3 is 2.66 bits per heavy atom. The van der Waals surface area contributed by atoms with Crippen molar-refractivity contribution in [1.82, 2.24) is 9.80 Å². The van der Waals surface area contributed by atoms with E-state index in [1.54, 1.807) is 11.8 Å². The Kier molecular flexibility index (Phi) is 6.45. The van der Waals surface area contributed by atoms with E-state index in [9.17, 15) is 19.5 Å². The molecule has 4 heterocycles. The molecule has 5 atom stereocenters. The van der Waals surface area contributed by atoms with Gasteiger partial charge in [-0.25, -0.2) is 0 Å². The fourth-order valence-corrected chi connectivity index (χ4v) is 5.78. The summed E-state index contributed by atoms with van der Waals surface area (Å²) in [6.45, 7) is 4.96. The number of amides is 2. The van der Waals surface area contributed by atoms with Crippen molar-refractivity contribution in [3.63, 3.8) is 0 Å². The van der Waals surface area contributed by atoms with E-state index in [2.05, 4.69) is 6.92 Å². The SMILES string of the molecule is CCCCCN1CC=C[C@]23O[C@]4(C)/C=C\CCCOC(=O)[C@@H]4[C@H]2C(=O)N(CCO)C3C1=O. The summed E-state index contributed by atoms with van der Waals surface area (Å²) in [6.07, 6.45) is 11.9. The van der Waals surface area contributed by atoms with Crippen LogP contribution in [0.1, 0.15) is 46.0 Å². The number of hydrogen-bond acceptors (Lipinski definition) is 6. The van der Waals surface area contributed by atoms with E-state index in [1.807, 2.05) is 24.3 Å². The quantitative estimate of drug-likeness (QED) is 0.377. The summed E-state index contributed by atoms with van der Waals surface area (Å²) in [7, 11) is 0. The number of aliphatic hydroxyl groups is 1. The Morgan fingerprint density at radius 2 is 1.91 bits per heavy atom. The molecule has 1 unspecified atom stereocenters. The van der Waals surface area contributed by atoms with Gasteiger partial charge < -0.3 is 24.4 Å². The number of likely N-dealkylation sites (tertiary alicyclic amines) is 1. The molecule has 176 valence electrons. The van der Waals surface area contributed by atoms with Crippen molar-refractivity contribution in [2.75, 3.05) is 32.8 Å². The number of unbranched alkanes of at least 4 members (excludes halogenated alkanes) is 2. The van der Waals surface area contributed by atoms with Gasteiger partial charge in [-0.3, -0.25) is 14.4 Å². The highest BCUT2D eigenvalue weighted by Gasteiger charge is 2.74. The molecule has 4 aliphatic rings. The zero-order chi connectivity index (χ0) is 22.9. The lowest BCUT2D eigenvalue weighted by Crippen LogP contribution is -2.56. The lowest BCUT2D eigenvalue weighted by atomic mass is 9.74. The Bertz CT molecular complexity index is 825. The fourth-order valence-electron chi connectivity index (χ4n) is 5.78. The molecule has 4 aliphatic heterocycles. The maximum Gasteiger partial charge on any atom is 0.313 e. The molecule has 0 aromatic carbocycles. The second-order valence-corrected chi connectivity index (χ2v) is 9.36. The Labute approximate surface area is 189 Å². The average Bonchev–Trinajstić information content (AvgIpc) is 3.10. The minimum absolute atomic E-state index is 0.0157. The second kappa shape index (κ2) is 8.98. The molecular formula is C24H34N2O6. The van der Waals surface area contributed by atoms with Gasteiger partial charge >= 0.3 is 5.97 Å². The fraction of sp³-hybridized carbons (Fsp3) is 0.708. The third kappa shape index (κ3) is 3.57. The molecule has 0 radical (unpaired) electrons. The number of esters is 1. The van der Waals surface area contributed by atoms with Crippen LogP contribution in [-0.4, -0.2) is 82.8 Å². The van der Waals surface area contributed by atoms with E-state index in [0.29, 0.717) is 19.5 Å². The van der Waals surface area contributed by atoms with Gasteiger partial charge in [0.15, 0.2) is 0 Å². The van der Waals surface area contributed by atoms with Gasteiger partial charge in [-0.05, 0) is 26.2 Å². The van der Waals surface area contributed by atoms with Gasteiger partial charge in [0, 0.05) is 19.6 Å². The van der Waals surface area contributed by atoms with Crippen molar-refractivity contribution in [2.24, 2.45) is 11.8 Å². The van der Waals surface area contributed by atoms with Gasteiger partial charge in [0.05, 0.1) is 24.7 Å². The molecule has 1 N–H and O–H groups in total. The van der Waals surface area contributed by atoms with Crippen molar-refractivity contribution in [3.8, 4) is 0 Å². The Balaban J connectivity index is 1.78. The lowest BCUT2D eigenvalue weighted by molar-refractivity contribution is -0.159. The summed E-state index contributed by atoms with van der Waals surface area (Å²) in [6, 6.07) is -0.916. The van der Waals surface area contributed by atoms with Crippen molar-refractivity contribution in [3.05, 3.63) is 24.3 Å². The Morgan fingerprint density at radius 1 is 1.09 bits per heavy atom. The van der Waals surface area contributed by atoms with Crippen molar-refractivity contribution < 1.29 is 29.0 Å². The van der Waals surface area contributed by atoms with Crippen LogP contribution in [0.25, 0.3) is 0 Å². The summed E-state index contributed by atoms with van der Waals surface area (Å²) in [5.41, 5.74) is -2.34. The molecule has 2 amide bonds. The van der Waals surface area contributed by atoms with E-state index < -0.39 is 35.0 Å². The van der Waals surface area contributed by atoms with Crippen molar-refractivity contribution in [1.29, 1.82) is 0 Å². The molecule has 8 nitrogen and oxygen atoms in total. The average molecular weight is 447 g/mol. The molecule has 0 saturated carbocycles. The van der Waals surface area contributed by atoms with Crippen LogP contribution in [0.15, 0.2) is 24.3 Å². The number of ether oxygens (including phenoxy) is 2. The maximum absolute atomic E-state index is 13.8. The molecule has 0 bridgehead atoms. The number of fused-ring (bicyclic) bond motifs is 2. The number of rotatable bonds is 6. The standard InChI is InChI=1S/C24H34N2O6/c1-3-4-7-12-25-13-9-11-24-17(20(28)26(14-15-27)19(24)21(25)29)18-22(30)31-16-8-5-6-10-23(18,2)32-24/h6,9-11,17-19,27H,3-5,7-8,12-16H2,1-2H3/b10-6-/t17-,18-,19?,23+,24-/m0/s1. The summed E-state index contributed by atoms with van der Waals surface area (Å²) < 4.78 is 12.2. The van der Waals surface area contributed by atoms with E-state index >= 15 is 0 Å². The zero-order valence-corrected chi connectivity index (χ0v) is 19.0. The largest absolute Gasteiger partial charge is 0.465 e. The summed E-state index contributed by atoms with van der Waals surface area (Å²) in [4.78, 5) is 43.8. The molecule has 2 saturated heterocycles. The predicted molar refractivity (Wildman–Crippen MR) is 116 cm³/mol. The van der Waals surface area contributed by atoms with Crippen LogP contribution >= 0.6 is 0 Å². The number of carbonyl (C=O) groups excluding carboxylic acids is 3.